The Labute approximate surface area is 104 Å². The normalized spacial score (nSPS) is 31.5. The van der Waals surface area contributed by atoms with Gasteiger partial charge in [0.1, 0.15) is 16.9 Å². The van der Waals surface area contributed by atoms with E-state index in [4.69, 9.17) is 11.6 Å². The number of rotatable bonds is 1. The van der Waals surface area contributed by atoms with Crippen LogP contribution in [0.2, 0.25) is 5.15 Å². The van der Waals surface area contributed by atoms with Gasteiger partial charge in [-0.3, -0.25) is 5.10 Å². The van der Waals surface area contributed by atoms with Gasteiger partial charge in [0.05, 0.1) is 6.20 Å². The third kappa shape index (κ3) is 1.40. The Hall–Kier alpha value is -1.16. The second kappa shape index (κ2) is 3.42. The maximum atomic E-state index is 6.15. The molecule has 0 amide bonds. The lowest BCUT2D eigenvalue weighted by molar-refractivity contribution is 0.480. The van der Waals surface area contributed by atoms with Gasteiger partial charge in [0.25, 0.3) is 0 Å². The molecule has 17 heavy (non-hydrogen) atoms. The highest BCUT2D eigenvalue weighted by Crippen LogP contribution is 2.60. The fourth-order valence-electron chi connectivity index (χ4n) is 3.35. The van der Waals surface area contributed by atoms with Crippen LogP contribution in [0.3, 0.4) is 0 Å². The molecule has 2 atom stereocenters. The van der Waals surface area contributed by atoms with Gasteiger partial charge in [-0.25, -0.2) is 9.97 Å². The summed E-state index contributed by atoms with van der Waals surface area (Å²) in [5.41, 5.74) is 1.59. The number of nitrogens with one attached hydrogen (secondary N) is 1. The molecule has 0 spiro atoms. The summed E-state index contributed by atoms with van der Waals surface area (Å²) in [4.78, 5) is 9.04. The van der Waals surface area contributed by atoms with E-state index >= 15 is 0 Å². The highest BCUT2D eigenvalue weighted by Gasteiger charge is 2.53. The van der Waals surface area contributed by atoms with Gasteiger partial charge in [0.15, 0.2) is 5.15 Å². The zero-order valence-corrected chi connectivity index (χ0v) is 10.1. The molecule has 5 heteroatoms. The van der Waals surface area contributed by atoms with Crippen molar-refractivity contribution in [1.29, 1.82) is 0 Å². The van der Waals surface area contributed by atoms with Gasteiger partial charge >= 0.3 is 0 Å². The molecule has 88 valence electrons. The highest BCUT2D eigenvalue weighted by atomic mass is 35.5. The number of halogens is 1. The number of fused-ring (bicyclic) bond motifs is 2. The lowest BCUT2D eigenvalue weighted by Gasteiger charge is -2.04. The minimum absolute atomic E-state index is 0.506. The third-order valence-corrected chi connectivity index (χ3v) is 4.50. The minimum atomic E-state index is 0.506. The third-order valence-electron chi connectivity index (χ3n) is 4.23. The molecule has 2 unspecified atom stereocenters. The Kier molecular flexibility index (Phi) is 1.98. The van der Waals surface area contributed by atoms with Crippen molar-refractivity contribution >= 4 is 22.6 Å². The minimum Gasteiger partial charge on any atom is -0.273 e. The van der Waals surface area contributed by atoms with Crippen LogP contribution in [0.4, 0.5) is 0 Å². The van der Waals surface area contributed by atoms with Crippen LogP contribution in [0.25, 0.3) is 11.0 Å². The summed E-state index contributed by atoms with van der Waals surface area (Å²) in [7, 11) is 0. The molecule has 0 aromatic carbocycles. The smallest absolute Gasteiger partial charge is 0.158 e. The molecule has 2 aromatic heterocycles. The topological polar surface area (TPSA) is 54.5 Å². The zero-order valence-electron chi connectivity index (χ0n) is 9.36. The van der Waals surface area contributed by atoms with Crippen LogP contribution in [0, 0.1) is 11.8 Å². The van der Waals surface area contributed by atoms with Crippen molar-refractivity contribution in [3.8, 4) is 0 Å². The van der Waals surface area contributed by atoms with Gasteiger partial charge in [-0.2, -0.15) is 5.10 Å². The summed E-state index contributed by atoms with van der Waals surface area (Å²) < 4.78 is 0. The molecule has 2 aliphatic rings. The fourth-order valence-corrected chi connectivity index (χ4v) is 3.57. The second-order valence-electron chi connectivity index (χ2n) is 5.14. The molecular formula is C12H13ClN4. The van der Waals surface area contributed by atoms with Crippen LogP contribution in [0.15, 0.2) is 6.20 Å². The van der Waals surface area contributed by atoms with Gasteiger partial charge in [-0.1, -0.05) is 24.4 Å². The summed E-state index contributed by atoms with van der Waals surface area (Å²) in [6.07, 6.45) is 7.11. The molecule has 1 N–H and O–H groups in total. The SMILES string of the molecule is Clc1nc(C2C3CCCCC32)nc2cn[nH]c12. The van der Waals surface area contributed by atoms with Crippen LogP contribution in [-0.4, -0.2) is 20.2 Å². The Morgan fingerprint density at radius 2 is 1.94 bits per heavy atom. The maximum Gasteiger partial charge on any atom is 0.158 e. The fraction of sp³-hybridized carbons (Fsp3) is 0.583. The molecule has 2 aromatic rings. The molecule has 0 bridgehead atoms. The summed E-state index contributed by atoms with van der Waals surface area (Å²) in [5, 5.41) is 7.30. The van der Waals surface area contributed by atoms with E-state index < -0.39 is 0 Å². The van der Waals surface area contributed by atoms with Crippen LogP contribution in [-0.2, 0) is 0 Å². The average molecular weight is 249 g/mol. The predicted molar refractivity (Wildman–Crippen MR) is 64.9 cm³/mol. The lowest BCUT2D eigenvalue weighted by Crippen LogP contribution is -1.95. The molecular weight excluding hydrogens is 236 g/mol. The van der Waals surface area contributed by atoms with E-state index in [0.717, 1.165) is 28.7 Å². The van der Waals surface area contributed by atoms with Crippen molar-refractivity contribution in [3.05, 3.63) is 17.2 Å². The van der Waals surface area contributed by atoms with Crippen molar-refractivity contribution < 1.29 is 0 Å². The number of aromatic amines is 1. The van der Waals surface area contributed by atoms with Crippen LogP contribution in [0.1, 0.15) is 37.4 Å². The zero-order chi connectivity index (χ0) is 11.4. The van der Waals surface area contributed by atoms with Crippen LogP contribution >= 0.6 is 11.6 Å². The first-order valence-electron chi connectivity index (χ1n) is 6.21. The molecule has 2 fully saturated rings. The van der Waals surface area contributed by atoms with Crippen LogP contribution < -0.4 is 0 Å². The Morgan fingerprint density at radius 1 is 1.18 bits per heavy atom. The monoisotopic (exact) mass is 248 g/mol. The first-order chi connectivity index (χ1) is 8.34. The van der Waals surface area contributed by atoms with Crippen molar-refractivity contribution in [2.24, 2.45) is 11.8 Å². The number of hydrogen-bond acceptors (Lipinski definition) is 3. The standard InChI is InChI=1S/C12H13ClN4/c13-11-10-8(5-14-17-10)15-12(16-11)9-6-3-1-2-4-7(6)9/h5-7,9H,1-4H2,(H,14,17). The van der Waals surface area contributed by atoms with Gasteiger partial charge < -0.3 is 0 Å². The molecule has 2 saturated carbocycles. The van der Waals surface area contributed by atoms with E-state index in [0.29, 0.717) is 11.1 Å². The number of H-pyrrole nitrogens is 1. The molecule has 2 aliphatic carbocycles. The Bertz CT molecular complexity index is 567. The van der Waals surface area contributed by atoms with E-state index in [9.17, 15) is 0 Å². The summed E-state index contributed by atoms with van der Waals surface area (Å²) in [6, 6.07) is 0. The van der Waals surface area contributed by atoms with Gasteiger partial charge in [0.2, 0.25) is 0 Å². The predicted octanol–water partition coefficient (Wildman–Crippen LogP) is 2.91. The van der Waals surface area contributed by atoms with Gasteiger partial charge in [-0.15, -0.1) is 0 Å². The molecule has 0 saturated heterocycles. The number of aromatic nitrogens is 4. The van der Waals surface area contributed by atoms with Gasteiger partial charge in [0, 0.05) is 5.92 Å². The van der Waals surface area contributed by atoms with E-state index in [1.807, 2.05) is 0 Å². The van der Waals surface area contributed by atoms with E-state index in [2.05, 4.69) is 20.2 Å². The first kappa shape index (κ1) is 9.83. The van der Waals surface area contributed by atoms with Gasteiger partial charge in [-0.05, 0) is 24.7 Å². The van der Waals surface area contributed by atoms with Crippen molar-refractivity contribution in [3.63, 3.8) is 0 Å². The maximum absolute atomic E-state index is 6.15. The lowest BCUT2D eigenvalue weighted by atomic mass is 10.0. The van der Waals surface area contributed by atoms with Crippen LogP contribution in [0.5, 0.6) is 0 Å². The summed E-state index contributed by atoms with van der Waals surface area (Å²) in [6.45, 7) is 0. The Morgan fingerprint density at radius 3 is 2.71 bits per heavy atom. The highest BCUT2D eigenvalue weighted by molar-refractivity contribution is 6.33. The van der Waals surface area contributed by atoms with Crippen molar-refractivity contribution in [2.45, 2.75) is 31.6 Å². The summed E-state index contributed by atoms with van der Waals surface area (Å²) in [5.74, 6) is 3.10. The average Bonchev–Trinajstić information content (AvgIpc) is 2.87. The van der Waals surface area contributed by atoms with E-state index in [1.54, 1.807) is 6.20 Å². The first-order valence-corrected chi connectivity index (χ1v) is 6.59. The van der Waals surface area contributed by atoms with E-state index in [-0.39, 0.29) is 0 Å². The quantitative estimate of drug-likeness (QED) is 0.790. The van der Waals surface area contributed by atoms with E-state index in [1.165, 1.54) is 25.7 Å². The molecule has 2 heterocycles. The van der Waals surface area contributed by atoms with Crippen molar-refractivity contribution in [2.75, 3.05) is 0 Å². The molecule has 0 radical (unpaired) electrons. The Balaban J connectivity index is 1.76. The largest absolute Gasteiger partial charge is 0.273 e. The number of hydrogen-bond donors (Lipinski definition) is 1. The number of nitrogens with zero attached hydrogens (tertiary/aromatic N) is 3. The molecule has 4 nitrogen and oxygen atoms in total. The van der Waals surface area contributed by atoms with Crippen molar-refractivity contribution in [1.82, 2.24) is 20.2 Å². The molecule has 4 rings (SSSR count). The summed E-state index contributed by atoms with van der Waals surface area (Å²) >= 11 is 6.15. The molecule has 0 aliphatic heterocycles. The second-order valence-corrected chi connectivity index (χ2v) is 5.50.